The van der Waals surface area contributed by atoms with Gasteiger partial charge in [-0.3, -0.25) is 9.88 Å². The largest absolute Gasteiger partial charge is 0.392 e. The highest BCUT2D eigenvalue weighted by Gasteiger charge is 2.36. The summed E-state index contributed by atoms with van der Waals surface area (Å²) in [6, 6.07) is 9.79. The van der Waals surface area contributed by atoms with Crippen LogP contribution < -0.4 is 0 Å². The highest BCUT2D eigenvalue weighted by Crippen LogP contribution is 2.32. The van der Waals surface area contributed by atoms with Crippen LogP contribution in [0.3, 0.4) is 0 Å². The molecular weight excluding hydrogens is 371 g/mol. The van der Waals surface area contributed by atoms with Gasteiger partial charge in [0.1, 0.15) is 5.82 Å². The summed E-state index contributed by atoms with van der Waals surface area (Å²) in [6.45, 7) is 1.10. The van der Waals surface area contributed by atoms with Gasteiger partial charge in [0.05, 0.1) is 17.8 Å². The fourth-order valence-corrected chi connectivity index (χ4v) is 3.55. The Balaban J connectivity index is 1.50. The zero-order valence-electron chi connectivity index (χ0n) is 14.4. The highest BCUT2D eigenvalue weighted by atomic mass is 35.5. The summed E-state index contributed by atoms with van der Waals surface area (Å²) in [6.07, 6.45) is 2.15. The second kappa shape index (κ2) is 7.72. The lowest BCUT2D eigenvalue weighted by atomic mass is 10.1. The van der Waals surface area contributed by atoms with E-state index < -0.39 is 6.10 Å². The number of likely N-dealkylation sites (tertiary alicyclic amines) is 1. The number of aliphatic hydroxyl groups is 1. The minimum atomic E-state index is -0.458. The number of pyridine rings is 1. The Hall–Kier alpha value is -2.35. The third-order valence-electron chi connectivity index (χ3n) is 4.61. The molecule has 0 spiro atoms. The molecule has 1 N–H and O–H groups in total. The lowest BCUT2D eigenvalue weighted by Crippen LogP contribution is -2.25. The standard InChI is InChI=1S/C19H18ClFN4O2/c20-16-8-13(21)5-4-12(16)7-18-23-19(27-24-18)17-9-15(26)11-25(17)10-14-3-1-2-6-22-14/h1-6,8,15,17,26H,7,9-11H2/t15-,17+/m1/s1. The predicted octanol–water partition coefficient (Wildman–Crippen LogP) is 3.16. The van der Waals surface area contributed by atoms with Gasteiger partial charge in [-0.05, 0) is 36.2 Å². The molecule has 2 atom stereocenters. The summed E-state index contributed by atoms with van der Waals surface area (Å²) in [4.78, 5) is 10.9. The van der Waals surface area contributed by atoms with Crippen LogP contribution in [0.4, 0.5) is 4.39 Å². The summed E-state index contributed by atoms with van der Waals surface area (Å²) in [5, 5.41) is 14.5. The molecular formula is C19H18ClFN4O2. The van der Waals surface area contributed by atoms with Crippen molar-refractivity contribution in [3.63, 3.8) is 0 Å². The van der Waals surface area contributed by atoms with Gasteiger partial charge in [-0.2, -0.15) is 4.98 Å². The second-order valence-electron chi connectivity index (χ2n) is 6.62. The normalized spacial score (nSPS) is 20.3. The van der Waals surface area contributed by atoms with Crippen LogP contribution >= 0.6 is 11.6 Å². The van der Waals surface area contributed by atoms with Gasteiger partial charge in [-0.1, -0.05) is 28.9 Å². The summed E-state index contributed by atoms with van der Waals surface area (Å²) in [5.41, 5.74) is 1.64. The average molecular weight is 389 g/mol. The van der Waals surface area contributed by atoms with Crippen molar-refractivity contribution in [1.29, 1.82) is 0 Å². The maximum absolute atomic E-state index is 13.2. The van der Waals surface area contributed by atoms with E-state index in [1.807, 2.05) is 18.2 Å². The van der Waals surface area contributed by atoms with Gasteiger partial charge in [0, 0.05) is 30.7 Å². The van der Waals surface area contributed by atoms with E-state index in [-0.39, 0.29) is 11.9 Å². The van der Waals surface area contributed by atoms with Crippen molar-refractivity contribution >= 4 is 11.6 Å². The number of benzene rings is 1. The molecule has 0 radical (unpaired) electrons. The number of β-amino-alcohol motifs (C(OH)–C–C–N with tert-alkyl or cyclic N) is 1. The monoisotopic (exact) mass is 388 g/mol. The Labute approximate surface area is 160 Å². The van der Waals surface area contributed by atoms with Crippen LogP contribution in [0.5, 0.6) is 0 Å². The Morgan fingerprint density at radius 3 is 2.96 bits per heavy atom. The van der Waals surface area contributed by atoms with Gasteiger partial charge >= 0.3 is 0 Å². The SMILES string of the molecule is O[C@@H]1C[C@@H](c2nc(Cc3ccc(F)cc3Cl)no2)N(Cc2ccccn2)C1. The van der Waals surface area contributed by atoms with Crippen LogP contribution in [0, 0.1) is 5.82 Å². The number of hydrogen-bond donors (Lipinski definition) is 1. The molecule has 3 heterocycles. The topological polar surface area (TPSA) is 75.3 Å². The summed E-state index contributed by atoms with van der Waals surface area (Å²) in [5.74, 6) is 0.538. The lowest BCUT2D eigenvalue weighted by molar-refractivity contribution is 0.168. The zero-order valence-corrected chi connectivity index (χ0v) is 15.2. The highest BCUT2D eigenvalue weighted by molar-refractivity contribution is 6.31. The third kappa shape index (κ3) is 4.16. The van der Waals surface area contributed by atoms with E-state index in [1.165, 1.54) is 12.1 Å². The average Bonchev–Trinajstić information content (AvgIpc) is 3.25. The Bertz CT molecular complexity index is 921. The van der Waals surface area contributed by atoms with E-state index in [0.29, 0.717) is 42.7 Å². The molecule has 1 saturated heterocycles. The van der Waals surface area contributed by atoms with E-state index in [0.717, 1.165) is 11.3 Å². The van der Waals surface area contributed by atoms with Crippen LogP contribution in [0.25, 0.3) is 0 Å². The summed E-state index contributed by atoms with van der Waals surface area (Å²) >= 11 is 6.07. The van der Waals surface area contributed by atoms with E-state index >= 15 is 0 Å². The van der Waals surface area contributed by atoms with Crippen molar-refractivity contribution in [2.75, 3.05) is 6.54 Å². The molecule has 27 heavy (non-hydrogen) atoms. The smallest absolute Gasteiger partial charge is 0.244 e. The van der Waals surface area contributed by atoms with Crippen molar-refractivity contribution in [2.45, 2.75) is 31.5 Å². The van der Waals surface area contributed by atoms with Crippen LogP contribution in [-0.4, -0.2) is 37.8 Å². The number of aromatic nitrogens is 3. The molecule has 0 amide bonds. The van der Waals surface area contributed by atoms with E-state index in [2.05, 4.69) is 20.0 Å². The van der Waals surface area contributed by atoms with Crippen molar-refractivity contribution < 1.29 is 14.0 Å². The first-order chi connectivity index (χ1) is 13.1. The minimum Gasteiger partial charge on any atom is -0.392 e. The van der Waals surface area contributed by atoms with Crippen LogP contribution in [0.15, 0.2) is 47.1 Å². The number of halogens is 2. The molecule has 0 unspecified atom stereocenters. The Morgan fingerprint density at radius 2 is 2.19 bits per heavy atom. The summed E-state index contributed by atoms with van der Waals surface area (Å²) < 4.78 is 18.6. The number of rotatable bonds is 5. The first kappa shape index (κ1) is 18.0. The fourth-order valence-electron chi connectivity index (χ4n) is 3.32. The molecule has 140 valence electrons. The molecule has 1 aliphatic rings. The molecule has 4 rings (SSSR count). The van der Waals surface area contributed by atoms with E-state index in [4.69, 9.17) is 16.1 Å². The fraction of sp³-hybridized carbons (Fsp3) is 0.316. The molecule has 0 aliphatic carbocycles. The van der Waals surface area contributed by atoms with E-state index in [9.17, 15) is 9.50 Å². The molecule has 1 aliphatic heterocycles. The maximum atomic E-state index is 13.2. The Morgan fingerprint density at radius 1 is 1.30 bits per heavy atom. The predicted molar refractivity (Wildman–Crippen MR) is 96.5 cm³/mol. The lowest BCUT2D eigenvalue weighted by Gasteiger charge is -2.20. The van der Waals surface area contributed by atoms with Crippen molar-refractivity contribution in [2.24, 2.45) is 0 Å². The molecule has 1 fully saturated rings. The Kier molecular flexibility index (Phi) is 5.15. The maximum Gasteiger partial charge on any atom is 0.244 e. The number of hydrogen-bond acceptors (Lipinski definition) is 6. The second-order valence-corrected chi connectivity index (χ2v) is 7.02. The third-order valence-corrected chi connectivity index (χ3v) is 4.96. The molecule has 1 aromatic carbocycles. The van der Waals surface area contributed by atoms with Crippen molar-refractivity contribution in [1.82, 2.24) is 20.0 Å². The zero-order chi connectivity index (χ0) is 18.8. The van der Waals surface area contributed by atoms with Gasteiger partial charge in [-0.25, -0.2) is 4.39 Å². The molecule has 2 aromatic heterocycles. The van der Waals surface area contributed by atoms with E-state index in [1.54, 1.807) is 12.3 Å². The molecule has 6 nitrogen and oxygen atoms in total. The van der Waals surface area contributed by atoms with Crippen LogP contribution in [0.2, 0.25) is 5.02 Å². The molecule has 8 heteroatoms. The number of nitrogens with zero attached hydrogens (tertiary/aromatic N) is 4. The van der Waals surface area contributed by atoms with Crippen LogP contribution in [0.1, 0.15) is 35.4 Å². The van der Waals surface area contributed by atoms with Gasteiger partial charge in [0.15, 0.2) is 5.82 Å². The minimum absolute atomic E-state index is 0.174. The van der Waals surface area contributed by atoms with Gasteiger partial charge in [0.25, 0.3) is 0 Å². The molecule has 3 aromatic rings. The van der Waals surface area contributed by atoms with Gasteiger partial charge in [0.2, 0.25) is 5.89 Å². The van der Waals surface area contributed by atoms with Gasteiger partial charge < -0.3 is 9.63 Å². The first-order valence-electron chi connectivity index (χ1n) is 8.67. The van der Waals surface area contributed by atoms with Crippen LogP contribution in [-0.2, 0) is 13.0 Å². The molecule has 0 bridgehead atoms. The van der Waals surface area contributed by atoms with Gasteiger partial charge in [-0.15, -0.1) is 0 Å². The molecule has 0 saturated carbocycles. The number of aliphatic hydroxyl groups excluding tert-OH is 1. The summed E-state index contributed by atoms with van der Waals surface area (Å²) in [7, 11) is 0. The van der Waals surface area contributed by atoms with Crippen molar-refractivity contribution in [3.05, 3.63) is 76.4 Å². The quantitative estimate of drug-likeness (QED) is 0.723. The van der Waals surface area contributed by atoms with Crippen molar-refractivity contribution in [3.8, 4) is 0 Å². The first-order valence-corrected chi connectivity index (χ1v) is 9.04.